The average Bonchev–Trinajstić information content (AvgIpc) is 3.41. The molecule has 0 saturated carbocycles. The van der Waals surface area contributed by atoms with E-state index >= 15 is 0 Å². The fourth-order valence-corrected chi connectivity index (χ4v) is 4.77. The molecule has 4 aromatic rings. The van der Waals surface area contributed by atoms with Gasteiger partial charge in [0.2, 0.25) is 0 Å². The number of carbonyl (C=O) groups excluding carboxylic acids is 1. The van der Waals surface area contributed by atoms with E-state index < -0.39 is 4.92 Å². The number of anilines is 1. The van der Waals surface area contributed by atoms with Crippen LogP contribution in [0.5, 0.6) is 0 Å². The zero-order valence-corrected chi connectivity index (χ0v) is 18.4. The van der Waals surface area contributed by atoms with Crippen molar-refractivity contribution in [3.8, 4) is 0 Å². The molecule has 0 fully saturated rings. The van der Waals surface area contributed by atoms with Crippen LogP contribution < -0.4 is 4.90 Å². The first-order valence-electron chi connectivity index (χ1n) is 9.42. The van der Waals surface area contributed by atoms with Crippen molar-refractivity contribution in [2.75, 3.05) is 4.90 Å². The highest BCUT2D eigenvalue weighted by Crippen LogP contribution is 2.33. The summed E-state index contributed by atoms with van der Waals surface area (Å²) < 4.78 is 1.01. The third kappa shape index (κ3) is 4.52. The van der Waals surface area contributed by atoms with Crippen LogP contribution in [0.1, 0.15) is 21.6 Å². The number of amides is 1. The fourth-order valence-electron chi connectivity index (χ4n) is 3.02. The van der Waals surface area contributed by atoms with Crippen LogP contribution in [-0.4, -0.2) is 20.8 Å². The number of fused-ring (bicyclic) bond motifs is 1. The summed E-state index contributed by atoms with van der Waals surface area (Å²) >= 11 is 2.48. The summed E-state index contributed by atoms with van der Waals surface area (Å²) in [7, 11) is 0. The number of aromatic nitrogens is 2. The summed E-state index contributed by atoms with van der Waals surface area (Å²) in [6, 6.07) is 10.9. The molecular weight excluding hydrogens is 432 g/mol. The van der Waals surface area contributed by atoms with E-state index in [-0.39, 0.29) is 10.9 Å². The molecule has 0 spiro atoms. The van der Waals surface area contributed by atoms with Crippen molar-refractivity contribution in [2.24, 2.45) is 0 Å². The van der Waals surface area contributed by atoms with Gasteiger partial charge in [-0.3, -0.25) is 24.8 Å². The van der Waals surface area contributed by atoms with Gasteiger partial charge in [-0.05, 0) is 54.8 Å². The molecule has 1 amide bonds. The van der Waals surface area contributed by atoms with Crippen molar-refractivity contribution in [1.82, 2.24) is 9.97 Å². The molecule has 31 heavy (non-hydrogen) atoms. The molecule has 7 nitrogen and oxygen atoms in total. The second-order valence-electron chi connectivity index (χ2n) is 6.90. The van der Waals surface area contributed by atoms with Gasteiger partial charge in [0.1, 0.15) is 0 Å². The molecule has 0 bridgehead atoms. The molecule has 0 N–H and O–H groups in total. The second kappa shape index (κ2) is 8.75. The minimum Gasteiger partial charge on any atom is -0.280 e. The minimum atomic E-state index is -0.440. The number of hydrogen-bond donors (Lipinski definition) is 0. The number of thiophene rings is 1. The smallest absolute Gasteiger partial charge is 0.280 e. The molecule has 0 aliphatic heterocycles. The van der Waals surface area contributed by atoms with E-state index in [0.29, 0.717) is 16.6 Å². The highest BCUT2D eigenvalue weighted by atomic mass is 32.1. The highest BCUT2D eigenvalue weighted by molar-refractivity contribution is 7.22. The molecule has 0 radical (unpaired) electrons. The number of rotatable bonds is 6. The normalized spacial score (nSPS) is 11.3. The SMILES string of the molecule is Cc1ccc2sc(N(Cc3cccnc3)C(=O)/C=C/c3ccc([N+](=O)[O-])s3)nc2c1C. The number of pyridine rings is 1. The Hall–Kier alpha value is -3.43. The molecular formula is C22H18N4O3S2. The zero-order chi connectivity index (χ0) is 22.0. The van der Waals surface area contributed by atoms with E-state index in [1.807, 2.05) is 32.0 Å². The van der Waals surface area contributed by atoms with Crippen molar-refractivity contribution in [2.45, 2.75) is 20.4 Å². The molecule has 0 aliphatic rings. The maximum Gasteiger partial charge on any atom is 0.324 e. The molecule has 1 aromatic carbocycles. The Morgan fingerprint density at radius 2 is 2.03 bits per heavy atom. The van der Waals surface area contributed by atoms with Gasteiger partial charge in [-0.15, -0.1) is 0 Å². The lowest BCUT2D eigenvalue weighted by Crippen LogP contribution is -2.28. The Morgan fingerprint density at radius 3 is 2.74 bits per heavy atom. The topological polar surface area (TPSA) is 89.2 Å². The van der Waals surface area contributed by atoms with Gasteiger partial charge in [0, 0.05) is 29.4 Å². The largest absolute Gasteiger partial charge is 0.324 e. The Morgan fingerprint density at radius 1 is 1.19 bits per heavy atom. The summed E-state index contributed by atoms with van der Waals surface area (Å²) in [4.78, 5) is 34.7. The van der Waals surface area contributed by atoms with Gasteiger partial charge >= 0.3 is 5.00 Å². The summed E-state index contributed by atoms with van der Waals surface area (Å²) in [5.41, 5.74) is 4.01. The molecule has 0 aliphatic carbocycles. The molecule has 0 atom stereocenters. The Labute approximate surface area is 186 Å². The van der Waals surface area contributed by atoms with Crippen LogP contribution in [0.15, 0.2) is 54.9 Å². The number of hydrogen-bond acceptors (Lipinski definition) is 7. The first kappa shape index (κ1) is 20.8. The molecule has 3 heterocycles. The lowest BCUT2D eigenvalue weighted by molar-refractivity contribution is -0.380. The van der Waals surface area contributed by atoms with E-state index in [1.165, 1.54) is 23.5 Å². The number of carbonyl (C=O) groups is 1. The van der Waals surface area contributed by atoms with E-state index in [4.69, 9.17) is 4.98 Å². The van der Waals surface area contributed by atoms with Crippen molar-refractivity contribution >= 4 is 55.0 Å². The third-order valence-corrected chi connectivity index (χ3v) is 6.86. The third-order valence-electron chi connectivity index (χ3n) is 4.82. The predicted octanol–water partition coefficient (Wildman–Crippen LogP) is 5.52. The summed E-state index contributed by atoms with van der Waals surface area (Å²) in [6.07, 6.45) is 6.42. The lowest BCUT2D eigenvalue weighted by atomic mass is 10.1. The van der Waals surface area contributed by atoms with E-state index in [2.05, 4.69) is 11.1 Å². The van der Waals surface area contributed by atoms with Crippen molar-refractivity contribution < 1.29 is 9.72 Å². The maximum atomic E-state index is 13.1. The second-order valence-corrected chi connectivity index (χ2v) is 9.01. The first-order chi connectivity index (χ1) is 14.9. The Kier molecular flexibility index (Phi) is 5.88. The molecule has 4 rings (SSSR count). The molecule has 156 valence electrons. The lowest BCUT2D eigenvalue weighted by Gasteiger charge is -2.18. The predicted molar refractivity (Wildman–Crippen MR) is 125 cm³/mol. The average molecular weight is 451 g/mol. The van der Waals surface area contributed by atoms with Crippen LogP contribution >= 0.6 is 22.7 Å². The summed E-state index contributed by atoms with van der Waals surface area (Å²) in [6.45, 7) is 4.38. The van der Waals surface area contributed by atoms with Crippen molar-refractivity contribution in [3.05, 3.63) is 86.5 Å². The zero-order valence-electron chi connectivity index (χ0n) is 16.8. The van der Waals surface area contributed by atoms with Gasteiger partial charge in [-0.1, -0.05) is 34.8 Å². The Balaban J connectivity index is 1.68. The van der Waals surface area contributed by atoms with Gasteiger partial charge in [0.05, 0.1) is 21.7 Å². The molecule has 0 unspecified atom stereocenters. The molecule has 3 aromatic heterocycles. The number of nitro groups is 1. The number of benzene rings is 1. The minimum absolute atomic E-state index is 0.0383. The van der Waals surface area contributed by atoms with Crippen LogP contribution in [0.25, 0.3) is 16.3 Å². The number of nitrogens with zero attached hydrogens (tertiary/aromatic N) is 4. The van der Waals surface area contributed by atoms with Crippen LogP contribution in [0, 0.1) is 24.0 Å². The maximum absolute atomic E-state index is 13.1. The highest BCUT2D eigenvalue weighted by Gasteiger charge is 2.20. The first-order valence-corrected chi connectivity index (χ1v) is 11.0. The monoisotopic (exact) mass is 450 g/mol. The Bertz CT molecular complexity index is 1290. The summed E-state index contributed by atoms with van der Waals surface area (Å²) in [5, 5.41) is 11.5. The van der Waals surface area contributed by atoms with Crippen LogP contribution in [0.3, 0.4) is 0 Å². The quantitative estimate of drug-likeness (QED) is 0.219. The van der Waals surface area contributed by atoms with Gasteiger partial charge in [0.15, 0.2) is 5.13 Å². The van der Waals surface area contributed by atoms with E-state index in [1.54, 1.807) is 29.4 Å². The van der Waals surface area contributed by atoms with Crippen molar-refractivity contribution in [1.29, 1.82) is 0 Å². The van der Waals surface area contributed by atoms with Gasteiger partial charge in [0.25, 0.3) is 5.91 Å². The van der Waals surface area contributed by atoms with E-state index in [0.717, 1.165) is 38.2 Å². The molecule has 9 heteroatoms. The van der Waals surface area contributed by atoms with E-state index in [9.17, 15) is 14.9 Å². The standard InChI is InChI=1S/C22H18N4O3S2/c1-14-5-8-18-21(15(14)2)24-22(31-18)25(13-16-4-3-11-23-12-16)19(27)9-6-17-7-10-20(30-17)26(28)29/h3-12H,13H2,1-2H3/b9-6+. The van der Waals surface area contributed by atoms with Crippen LogP contribution in [0.4, 0.5) is 10.1 Å². The van der Waals surface area contributed by atoms with Crippen LogP contribution in [0.2, 0.25) is 0 Å². The summed E-state index contributed by atoms with van der Waals surface area (Å²) in [5.74, 6) is -0.256. The number of aryl methyl sites for hydroxylation is 2. The van der Waals surface area contributed by atoms with Gasteiger partial charge in [-0.25, -0.2) is 4.98 Å². The molecule has 0 saturated heterocycles. The van der Waals surface area contributed by atoms with Gasteiger partial charge in [-0.2, -0.15) is 0 Å². The number of thiazole rings is 1. The van der Waals surface area contributed by atoms with Crippen LogP contribution in [-0.2, 0) is 11.3 Å². The van der Waals surface area contributed by atoms with Crippen molar-refractivity contribution in [3.63, 3.8) is 0 Å². The van der Waals surface area contributed by atoms with Gasteiger partial charge < -0.3 is 0 Å². The fraction of sp³-hybridized carbons (Fsp3) is 0.136.